The van der Waals surface area contributed by atoms with E-state index in [0.717, 1.165) is 25.7 Å². The highest BCUT2D eigenvalue weighted by molar-refractivity contribution is 7.89. The maximum absolute atomic E-state index is 12.9. The van der Waals surface area contributed by atoms with Gasteiger partial charge in [0.05, 0.1) is 17.5 Å². The molecule has 0 aromatic carbocycles. The number of aromatic nitrogens is 2. The molecule has 1 saturated heterocycles. The number of ether oxygens (including phenoxy) is 1. The fraction of sp³-hybridized carbons (Fsp3) is 0.812. The molecule has 0 amide bonds. The molecule has 1 aliphatic carbocycles. The maximum Gasteiger partial charge on any atom is 0.246 e. The molecule has 1 saturated carbocycles. The van der Waals surface area contributed by atoms with Gasteiger partial charge in [0.15, 0.2) is 0 Å². The second kappa shape index (κ2) is 7.11. The SMILES string of the molecule is CO[C@@H]1CCC[C@H]1NC1CCN(S(=O)(=O)c2c(C)n[nH]c2C)CC1. The van der Waals surface area contributed by atoms with Crippen LogP contribution in [0.4, 0.5) is 0 Å². The zero-order valence-corrected chi connectivity index (χ0v) is 15.5. The van der Waals surface area contributed by atoms with Crippen molar-refractivity contribution in [1.29, 1.82) is 0 Å². The third-order valence-corrected chi connectivity index (χ3v) is 7.48. The summed E-state index contributed by atoms with van der Waals surface area (Å²) >= 11 is 0. The fourth-order valence-corrected chi connectivity index (χ4v) is 5.82. The second-order valence-corrected chi connectivity index (χ2v) is 8.79. The number of H-pyrrole nitrogens is 1. The summed E-state index contributed by atoms with van der Waals surface area (Å²) in [5.41, 5.74) is 1.16. The van der Waals surface area contributed by atoms with Crippen molar-refractivity contribution in [3.05, 3.63) is 11.4 Å². The molecule has 0 unspecified atom stereocenters. The van der Waals surface area contributed by atoms with Crippen LogP contribution in [0, 0.1) is 13.8 Å². The van der Waals surface area contributed by atoms with Gasteiger partial charge in [0.2, 0.25) is 10.0 Å². The van der Waals surface area contributed by atoms with Gasteiger partial charge in [-0.3, -0.25) is 5.10 Å². The number of hydrogen-bond donors (Lipinski definition) is 2. The van der Waals surface area contributed by atoms with Crippen LogP contribution in [-0.2, 0) is 14.8 Å². The molecule has 8 heteroatoms. The van der Waals surface area contributed by atoms with E-state index in [2.05, 4.69) is 15.5 Å². The molecule has 3 rings (SSSR count). The van der Waals surface area contributed by atoms with Crippen LogP contribution in [0.25, 0.3) is 0 Å². The van der Waals surface area contributed by atoms with Crippen LogP contribution in [0.2, 0.25) is 0 Å². The summed E-state index contributed by atoms with van der Waals surface area (Å²) in [7, 11) is -1.69. The number of aryl methyl sites for hydroxylation is 2. The first-order chi connectivity index (χ1) is 11.4. The van der Waals surface area contributed by atoms with Gasteiger partial charge < -0.3 is 10.1 Å². The monoisotopic (exact) mass is 356 g/mol. The first-order valence-electron chi connectivity index (χ1n) is 8.74. The Labute approximate surface area is 144 Å². The lowest BCUT2D eigenvalue weighted by Gasteiger charge is -2.34. The number of methoxy groups -OCH3 is 1. The molecule has 0 spiro atoms. The molecule has 2 aliphatic rings. The Bertz CT molecular complexity index is 645. The topological polar surface area (TPSA) is 87.3 Å². The molecular formula is C16H28N4O3S. The van der Waals surface area contributed by atoms with Gasteiger partial charge in [-0.05, 0) is 46.0 Å². The van der Waals surface area contributed by atoms with Gasteiger partial charge >= 0.3 is 0 Å². The van der Waals surface area contributed by atoms with Crippen LogP contribution in [0.5, 0.6) is 0 Å². The predicted octanol–water partition coefficient (Wildman–Crippen LogP) is 1.34. The van der Waals surface area contributed by atoms with Crippen molar-refractivity contribution < 1.29 is 13.2 Å². The van der Waals surface area contributed by atoms with Crippen molar-refractivity contribution in [2.75, 3.05) is 20.2 Å². The lowest BCUT2D eigenvalue weighted by atomic mass is 10.0. The quantitative estimate of drug-likeness (QED) is 0.831. The van der Waals surface area contributed by atoms with Crippen molar-refractivity contribution in [3.8, 4) is 0 Å². The van der Waals surface area contributed by atoms with E-state index in [1.165, 1.54) is 6.42 Å². The Hall–Kier alpha value is -0.960. The lowest BCUT2D eigenvalue weighted by Crippen LogP contribution is -2.49. The van der Waals surface area contributed by atoms with E-state index < -0.39 is 10.0 Å². The smallest absolute Gasteiger partial charge is 0.246 e. The standard InChI is InChI=1S/C16H28N4O3S/c1-11-16(12(2)19-18-11)24(21,22)20-9-7-13(8-10-20)17-14-5-4-6-15(14)23-3/h13-15,17H,4-10H2,1-3H3,(H,18,19)/t14-,15-/m1/s1. The van der Waals surface area contributed by atoms with Gasteiger partial charge in [-0.2, -0.15) is 9.40 Å². The van der Waals surface area contributed by atoms with Crippen molar-refractivity contribution in [2.24, 2.45) is 0 Å². The minimum atomic E-state index is -3.46. The van der Waals surface area contributed by atoms with E-state index >= 15 is 0 Å². The van der Waals surface area contributed by atoms with Gasteiger partial charge in [-0.15, -0.1) is 0 Å². The van der Waals surface area contributed by atoms with Crippen molar-refractivity contribution in [2.45, 2.75) is 69.0 Å². The largest absolute Gasteiger partial charge is 0.380 e. The molecule has 2 N–H and O–H groups in total. The zero-order valence-electron chi connectivity index (χ0n) is 14.7. The number of nitrogens with zero attached hydrogens (tertiary/aromatic N) is 2. The minimum absolute atomic E-state index is 0.294. The van der Waals surface area contributed by atoms with Crippen LogP contribution >= 0.6 is 0 Å². The summed E-state index contributed by atoms with van der Waals surface area (Å²) in [5.74, 6) is 0. The normalized spacial score (nSPS) is 27.0. The average Bonchev–Trinajstić information content (AvgIpc) is 3.14. The van der Waals surface area contributed by atoms with Gasteiger partial charge in [0.25, 0.3) is 0 Å². The van der Waals surface area contributed by atoms with Gasteiger partial charge in [-0.1, -0.05) is 0 Å². The summed E-state index contributed by atoms with van der Waals surface area (Å²) in [5, 5.41) is 10.5. The molecule has 2 heterocycles. The highest BCUT2D eigenvalue weighted by Gasteiger charge is 2.35. The third kappa shape index (κ3) is 3.37. The Kier molecular flexibility index (Phi) is 5.29. The highest BCUT2D eigenvalue weighted by Crippen LogP contribution is 2.27. The predicted molar refractivity (Wildman–Crippen MR) is 91.4 cm³/mol. The highest BCUT2D eigenvalue weighted by atomic mass is 32.2. The number of hydrogen-bond acceptors (Lipinski definition) is 5. The number of rotatable bonds is 5. The van der Waals surface area contributed by atoms with Crippen molar-refractivity contribution in [1.82, 2.24) is 19.8 Å². The van der Waals surface area contributed by atoms with E-state index in [1.54, 1.807) is 25.3 Å². The molecule has 24 heavy (non-hydrogen) atoms. The van der Waals surface area contributed by atoms with E-state index in [1.807, 2.05) is 0 Å². The molecule has 0 radical (unpaired) electrons. The number of sulfonamides is 1. The third-order valence-electron chi connectivity index (χ3n) is 5.32. The van der Waals surface area contributed by atoms with Crippen LogP contribution in [0.3, 0.4) is 0 Å². The summed E-state index contributed by atoms with van der Waals surface area (Å²) in [6.45, 7) is 4.59. The van der Waals surface area contributed by atoms with Crippen LogP contribution in [0.15, 0.2) is 4.90 Å². The van der Waals surface area contributed by atoms with E-state index in [9.17, 15) is 8.42 Å². The maximum atomic E-state index is 12.9. The second-order valence-electron chi connectivity index (χ2n) is 6.92. The average molecular weight is 356 g/mol. The van der Waals surface area contributed by atoms with Gasteiger partial charge in [0, 0.05) is 32.3 Å². The molecule has 136 valence electrons. The summed E-state index contributed by atoms with van der Waals surface area (Å²) in [6.07, 6.45) is 5.42. The van der Waals surface area contributed by atoms with Crippen LogP contribution in [0.1, 0.15) is 43.5 Å². The Morgan fingerprint density at radius 3 is 2.50 bits per heavy atom. The summed E-state index contributed by atoms with van der Waals surface area (Å²) in [4.78, 5) is 0.337. The number of piperidine rings is 1. The molecule has 0 bridgehead atoms. The van der Waals surface area contributed by atoms with E-state index in [0.29, 0.717) is 47.6 Å². The number of nitrogens with one attached hydrogen (secondary N) is 2. The Balaban J connectivity index is 1.61. The number of aromatic amines is 1. The van der Waals surface area contributed by atoms with Gasteiger partial charge in [-0.25, -0.2) is 8.42 Å². The Morgan fingerprint density at radius 2 is 1.92 bits per heavy atom. The molecule has 1 aliphatic heterocycles. The van der Waals surface area contributed by atoms with Crippen LogP contribution < -0.4 is 5.32 Å². The molecular weight excluding hydrogens is 328 g/mol. The summed E-state index contributed by atoms with van der Waals surface area (Å²) < 4.78 is 32.9. The van der Waals surface area contributed by atoms with E-state index in [4.69, 9.17) is 4.74 Å². The summed E-state index contributed by atoms with van der Waals surface area (Å²) in [6, 6.07) is 0.769. The first-order valence-corrected chi connectivity index (χ1v) is 10.2. The molecule has 2 atom stereocenters. The molecule has 2 fully saturated rings. The molecule has 1 aromatic heterocycles. The zero-order chi connectivity index (χ0) is 17.3. The Morgan fingerprint density at radius 1 is 1.21 bits per heavy atom. The molecule has 1 aromatic rings. The van der Waals surface area contributed by atoms with Gasteiger partial charge in [0.1, 0.15) is 4.90 Å². The molecule has 7 nitrogen and oxygen atoms in total. The van der Waals surface area contributed by atoms with Crippen LogP contribution in [-0.4, -0.2) is 61.3 Å². The minimum Gasteiger partial charge on any atom is -0.380 e. The van der Waals surface area contributed by atoms with E-state index in [-0.39, 0.29) is 0 Å². The lowest BCUT2D eigenvalue weighted by molar-refractivity contribution is 0.0782. The first kappa shape index (κ1) is 17.8. The van der Waals surface area contributed by atoms with Crippen molar-refractivity contribution in [3.63, 3.8) is 0 Å². The van der Waals surface area contributed by atoms with Crippen molar-refractivity contribution >= 4 is 10.0 Å². The fourth-order valence-electron chi connectivity index (χ4n) is 4.01.